The second-order valence-electron chi connectivity index (χ2n) is 6.64. The molecular weight excluding hydrogens is 335 g/mol. The van der Waals surface area contributed by atoms with Gasteiger partial charge in [0.1, 0.15) is 11.5 Å². The maximum absolute atomic E-state index is 12.9. The lowest BCUT2D eigenvalue weighted by Crippen LogP contribution is -2.28. The number of nitrogens with one attached hydrogen (secondary N) is 1. The summed E-state index contributed by atoms with van der Waals surface area (Å²) in [5.41, 5.74) is 2.97. The Hall–Kier alpha value is -2.14. The van der Waals surface area contributed by atoms with Crippen LogP contribution in [0.4, 0.5) is 4.39 Å². The molecule has 1 N–H and O–H groups in total. The number of amides is 1. The molecule has 1 amide bonds. The molecule has 3 nitrogen and oxygen atoms in total. The van der Waals surface area contributed by atoms with Gasteiger partial charge in [-0.15, -0.1) is 11.3 Å². The van der Waals surface area contributed by atoms with E-state index in [0.29, 0.717) is 19.0 Å². The molecular formula is C20H21FN2OS. The van der Waals surface area contributed by atoms with E-state index in [2.05, 4.69) is 21.3 Å². The Morgan fingerprint density at radius 3 is 2.72 bits per heavy atom. The van der Waals surface area contributed by atoms with E-state index in [-0.39, 0.29) is 11.7 Å². The molecule has 0 radical (unpaired) electrons. The fourth-order valence-electron chi connectivity index (χ4n) is 3.74. The zero-order chi connectivity index (χ0) is 17.2. The van der Waals surface area contributed by atoms with Crippen LogP contribution in [0.5, 0.6) is 0 Å². The Labute approximate surface area is 150 Å². The smallest absolute Gasteiger partial charge is 0.267 e. The first-order valence-corrected chi connectivity index (χ1v) is 9.71. The normalized spacial score (nSPS) is 15.1. The van der Waals surface area contributed by atoms with Crippen LogP contribution in [0.1, 0.15) is 47.8 Å². The molecule has 2 aromatic heterocycles. The first kappa shape index (κ1) is 16.3. The van der Waals surface area contributed by atoms with Crippen LogP contribution < -0.4 is 5.32 Å². The number of benzene rings is 1. The molecule has 0 atom stereocenters. The molecule has 1 aliphatic rings. The van der Waals surface area contributed by atoms with Crippen molar-refractivity contribution < 1.29 is 9.18 Å². The Balaban J connectivity index is 1.48. The largest absolute Gasteiger partial charge is 0.350 e. The van der Waals surface area contributed by atoms with Crippen molar-refractivity contribution in [2.75, 3.05) is 6.54 Å². The summed E-state index contributed by atoms with van der Waals surface area (Å²) in [4.78, 5) is 12.7. The summed E-state index contributed by atoms with van der Waals surface area (Å²) >= 11 is 1.68. The maximum Gasteiger partial charge on any atom is 0.267 e. The number of aromatic nitrogens is 1. The van der Waals surface area contributed by atoms with Gasteiger partial charge in [-0.2, -0.15) is 0 Å². The van der Waals surface area contributed by atoms with Crippen LogP contribution in [0.2, 0.25) is 0 Å². The second kappa shape index (κ2) is 7.00. The molecule has 1 aliphatic carbocycles. The summed E-state index contributed by atoms with van der Waals surface area (Å²) in [5.74, 6) is -0.250. The second-order valence-corrected chi connectivity index (χ2v) is 7.59. The lowest BCUT2D eigenvalue weighted by atomic mass is 10.1. The van der Waals surface area contributed by atoms with Gasteiger partial charge in [0.25, 0.3) is 5.91 Å². The van der Waals surface area contributed by atoms with Crippen molar-refractivity contribution in [2.45, 2.75) is 38.1 Å². The average Bonchev–Trinajstić information content (AvgIpc) is 3.32. The molecule has 1 fully saturated rings. The van der Waals surface area contributed by atoms with E-state index in [9.17, 15) is 9.18 Å². The van der Waals surface area contributed by atoms with Crippen LogP contribution in [-0.4, -0.2) is 17.0 Å². The summed E-state index contributed by atoms with van der Waals surface area (Å²) in [6.45, 7) is 0.550. The van der Waals surface area contributed by atoms with Crippen molar-refractivity contribution in [2.24, 2.45) is 0 Å². The molecule has 1 saturated carbocycles. The van der Waals surface area contributed by atoms with Gasteiger partial charge in [-0.25, -0.2) is 4.39 Å². The zero-order valence-electron chi connectivity index (χ0n) is 14.0. The van der Waals surface area contributed by atoms with Crippen LogP contribution in [0.25, 0.3) is 10.2 Å². The molecule has 4 rings (SSSR count). The summed E-state index contributed by atoms with van der Waals surface area (Å²) in [6.07, 6.45) is 5.47. The minimum absolute atomic E-state index is 0.0163. The quantitative estimate of drug-likeness (QED) is 0.691. The van der Waals surface area contributed by atoms with Crippen molar-refractivity contribution in [3.63, 3.8) is 0 Å². The number of halogens is 1. The first-order valence-electron chi connectivity index (χ1n) is 8.83. The van der Waals surface area contributed by atoms with Gasteiger partial charge in [0.15, 0.2) is 0 Å². The van der Waals surface area contributed by atoms with E-state index in [0.717, 1.165) is 24.1 Å². The third-order valence-corrected chi connectivity index (χ3v) is 5.85. The number of nitrogens with zero attached hydrogens (tertiary/aromatic N) is 1. The number of carbonyl (C=O) groups excluding carboxylic acids is 1. The molecule has 130 valence electrons. The molecule has 0 unspecified atom stereocenters. The summed E-state index contributed by atoms with van der Waals surface area (Å²) in [7, 11) is 0. The van der Waals surface area contributed by atoms with E-state index in [1.807, 2.05) is 6.07 Å². The Kier molecular flexibility index (Phi) is 4.57. The van der Waals surface area contributed by atoms with Crippen LogP contribution in [-0.2, 0) is 6.42 Å². The summed E-state index contributed by atoms with van der Waals surface area (Å²) < 4.78 is 16.4. The molecule has 1 aromatic carbocycles. The van der Waals surface area contributed by atoms with Crippen molar-refractivity contribution in [1.82, 2.24) is 9.88 Å². The first-order chi connectivity index (χ1) is 12.2. The van der Waals surface area contributed by atoms with Crippen LogP contribution >= 0.6 is 11.3 Å². The van der Waals surface area contributed by atoms with Gasteiger partial charge in [0.2, 0.25) is 0 Å². The number of thiophene rings is 1. The molecule has 0 bridgehead atoms. The van der Waals surface area contributed by atoms with Gasteiger partial charge >= 0.3 is 0 Å². The maximum atomic E-state index is 12.9. The third kappa shape index (κ3) is 3.33. The van der Waals surface area contributed by atoms with E-state index in [4.69, 9.17) is 0 Å². The molecule has 5 heteroatoms. The van der Waals surface area contributed by atoms with E-state index in [1.165, 1.54) is 35.2 Å². The standard InChI is InChI=1S/C20H21FN2OS/c21-15-7-5-14(6-8-15)9-11-22-20(24)18-13-19-17(10-12-25-19)23(18)16-3-1-2-4-16/h5-8,10,12-13,16H,1-4,9,11H2,(H,22,24). The van der Waals surface area contributed by atoms with Crippen molar-refractivity contribution in [3.05, 3.63) is 58.9 Å². The highest BCUT2D eigenvalue weighted by Crippen LogP contribution is 2.36. The van der Waals surface area contributed by atoms with Crippen LogP contribution in [0.15, 0.2) is 41.8 Å². The van der Waals surface area contributed by atoms with Crippen molar-refractivity contribution in [1.29, 1.82) is 0 Å². The van der Waals surface area contributed by atoms with Crippen LogP contribution in [0.3, 0.4) is 0 Å². The van der Waals surface area contributed by atoms with Crippen LogP contribution in [0, 0.1) is 5.82 Å². The van der Waals surface area contributed by atoms with Gasteiger partial charge in [0, 0.05) is 12.6 Å². The number of carbonyl (C=O) groups is 1. The molecule has 0 spiro atoms. The lowest BCUT2D eigenvalue weighted by Gasteiger charge is -2.17. The van der Waals surface area contributed by atoms with Crippen molar-refractivity contribution in [3.8, 4) is 0 Å². The van der Waals surface area contributed by atoms with Gasteiger partial charge in [0.05, 0.1) is 10.2 Å². The fourth-order valence-corrected chi connectivity index (χ4v) is 4.55. The van der Waals surface area contributed by atoms with Crippen molar-refractivity contribution >= 4 is 27.5 Å². The molecule has 25 heavy (non-hydrogen) atoms. The molecule has 0 aliphatic heterocycles. The average molecular weight is 356 g/mol. The predicted molar refractivity (Wildman–Crippen MR) is 99.8 cm³/mol. The van der Waals surface area contributed by atoms with Gasteiger partial charge in [-0.1, -0.05) is 25.0 Å². The Bertz CT molecular complexity index is 875. The molecule has 3 aromatic rings. The Morgan fingerprint density at radius 2 is 1.96 bits per heavy atom. The van der Waals surface area contributed by atoms with E-state index < -0.39 is 0 Å². The molecule has 2 heterocycles. The summed E-state index contributed by atoms with van der Waals surface area (Å²) in [6, 6.07) is 11.0. The topological polar surface area (TPSA) is 34.0 Å². The minimum atomic E-state index is -0.234. The summed E-state index contributed by atoms with van der Waals surface area (Å²) in [5, 5.41) is 5.12. The fraction of sp³-hybridized carbons (Fsp3) is 0.350. The number of fused-ring (bicyclic) bond motifs is 1. The Morgan fingerprint density at radius 1 is 1.20 bits per heavy atom. The highest BCUT2D eigenvalue weighted by Gasteiger charge is 2.24. The van der Waals surface area contributed by atoms with E-state index in [1.54, 1.807) is 23.5 Å². The lowest BCUT2D eigenvalue weighted by molar-refractivity contribution is 0.0943. The van der Waals surface area contributed by atoms with Gasteiger partial charge < -0.3 is 9.88 Å². The SMILES string of the molecule is O=C(NCCc1ccc(F)cc1)c1cc2sccc2n1C1CCCC1. The predicted octanol–water partition coefficient (Wildman–Crippen LogP) is 4.93. The third-order valence-electron chi connectivity index (χ3n) is 5.00. The number of hydrogen-bond acceptors (Lipinski definition) is 2. The zero-order valence-corrected chi connectivity index (χ0v) is 14.8. The van der Waals surface area contributed by atoms with E-state index >= 15 is 0 Å². The van der Waals surface area contributed by atoms with Gasteiger partial charge in [-0.05, 0) is 54.5 Å². The van der Waals surface area contributed by atoms with Gasteiger partial charge in [-0.3, -0.25) is 4.79 Å². The highest BCUT2D eigenvalue weighted by atomic mass is 32.1. The number of hydrogen-bond donors (Lipinski definition) is 1. The highest BCUT2D eigenvalue weighted by molar-refractivity contribution is 7.17. The minimum Gasteiger partial charge on any atom is -0.350 e. The molecule has 0 saturated heterocycles. The number of rotatable bonds is 5. The monoisotopic (exact) mass is 356 g/mol.